The minimum atomic E-state index is -0.870. The maximum atomic E-state index is 9.90. The number of carboxylic acid groups (broad SMARTS) is 2. The van der Waals surface area contributed by atoms with Crippen LogP contribution in [0.25, 0.3) is 0 Å². The minimum Gasteiger partial charge on any atom is -0.481 e. The fourth-order valence-electron chi connectivity index (χ4n) is 0.552. The number of rotatable bonds is 5. The Balaban J connectivity index is -0.000000235. The van der Waals surface area contributed by atoms with Gasteiger partial charge in [-0.05, 0) is 41.0 Å². The van der Waals surface area contributed by atoms with Crippen molar-refractivity contribution in [1.29, 1.82) is 0 Å². The Bertz CT molecular complexity index is 145. The van der Waals surface area contributed by atoms with Crippen molar-refractivity contribution in [3.8, 4) is 0 Å². The van der Waals surface area contributed by atoms with Crippen LogP contribution in [0.4, 0.5) is 0 Å². The first kappa shape index (κ1) is 20.3. The van der Waals surface area contributed by atoms with E-state index in [4.69, 9.17) is 10.2 Å². The van der Waals surface area contributed by atoms with Gasteiger partial charge in [0.2, 0.25) is 0 Å². The molecule has 6 heteroatoms. The fraction of sp³-hybridized carbons (Fsp3) is 0.800. The average molecular weight is 236 g/mol. The molecule has 0 saturated heterocycles. The van der Waals surface area contributed by atoms with Crippen LogP contribution in [0.3, 0.4) is 0 Å². The van der Waals surface area contributed by atoms with Crippen molar-refractivity contribution >= 4 is 11.9 Å². The van der Waals surface area contributed by atoms with Crippen LogP contribution in [-0.2, 0) is 9.59 Å². The topological polar surface area (TPSA) is 98.7 Å². The summed E-state index contributed by atoms with van der Waals surface area (Å²) in [6.45, 7) is 0. The number of carboxylic acids is 2. The fourth-order valence-corrected chi connectivity index (χ4v) is 0.552. The van der Waals surface area contributed by atoms with Gasteiger partial charge in [0.1, 0.15) is 0 Å². The van der Waals surface area contributed by atoms with Crippen molar-refractivity contribution in [2.45, 2.75) is 25.7 Å². The average Bonchev–Trinajstić information content (AvgIpc) is 2.14. The number of unbranched alkanes of at least 4 members (excludes halogenated alkanes) is 1. The van der Waals surface area contributed by atoms with Crippen molar-refractivity contribution in [2.75, 3.05) is 28.2 Å². The van der Waals surface area contributed by atoms with Crippen LogP contribution in [0.1, 0.15) is 25.7 Å². The van der Waals surface area contributed by atoms with E-state index in [-0.39, 0.29) is 12.8 Å². The van der Waals surface area contributed by atoms with Gasteiger partial charge in [0.05, 0.1) is 0 Å². The van der Waals surface area contributed by atoms with E-state index < -0.39 is 11.9 Å². The Hall–Kier alpha value is -1.14. The molecular formula is C10H24N2O4. The van der Waals surface area contributed by atoms with Gasteiger partial charge in [0.15, 0.2) is 0 Å². The highest BCUT2D eigenvalue weighted by Crippen LogP contribution is 1.98. The molecule has 98 valence electrons. The monoisotopic (exact) mass is 236 g/mol. The quantitative estimate of drug-likeness (QED) is 0.515. The summed E-state index contributed by atoms with van der Waals surface area (Å²) in [5, 5.41) is 21.8. The third-order valence-electron chi connectivity index (χ3n) is 1.03. The van der Waals surface area contributed by atoms with Crippen LogP contribution >= 0.6 is 0 Å². The third kappa shape index (κ3) is 52.7. The van der Waals surface area contributed by atoms with E-state index in [0.717, 1.165) is 0 Å². The molecule has 0 aromatic rings. The molecular weight excluding hydrogens is 212 g/mol. The van der Waals surface area contributed by atoms with Crippen molar-refractivity contribution in [3.63, 3.8) is 0 Å². The highest BCUT2D eigenvalue weighted by molar-refractivity contribution is 5.67. The molecule has 0 rings (SSSR count). The Morgan fingerprint density at radius 3 is 1.12 bits per heavy atom. The largest absolute Gasteiger partial charge is 0.481 e. The summed E-state index contributed by atoms with van der Waals surface area (Å²) in [6.07, 6.45) is 1.02. The SMILES string of the molecule is CNC.CNC.O=C(O)CCCCC(=O)O. The van der Waals surface area contributed by atoms with Crippen LogP contribution < -0.4 is 10.6 Å². The molecule has 0 amide bonds. The van der Waals surface area contributed by atoms with Gasteiger partial charge in [-0.2, -0.15) is 0 Å². The maximum Gasteiger partial charge on any atom is 0.303 e. The normalized spacial score (nSPS) is 8.00. The van der Waals surface area contributed by atoms with Crippen LogP contribution in [0.5, 0.6) is 0 Å². The molecule has 6 nitrogen and oxygen atoms in total. The zero-order chi connectivity index (χ0) is 13.4. The van der Waals surface area contributed by atoms with Crippen molar-refractivity contribution in [3.05, 3.63) is 0 Å². The first-order chi connectivity index (χ1) is 7.45. The number of nitrogens with one attached hydrogen (secondary N) is 2. The van der Waals surface area contributed by atoms with Crippen LogP contribution in [0, 0.1) is 0 Å². The Morgan fingerprint density at radius 2 is 1.00 bits per heavy atom. The number of carbonyl (C=O) groups is 2. The summed E-state index contributed by atoms with van der Waals surface area (Å²) in [4.78, 5) is 19.8. The molecule has 16 heavy (non-hydrogen) atoms. The Kier molecular flexibility index (Phi) is 24.7. The van der Waals surface area contributed by atoms with Gasteiger partial charge < -0.3 is 20.8 Å². The zero-order valence-electron chi connectivity index (χ0n) is 10.5. The second-order valence-electron chi connectivity index (χ2n) is 2.99. The standard InChI is InChI=1S/C6H10O4.2C2H7N/c7-5(8)3-1-2-4-6(9)10;2*1-3-2/h1-4H2,(H,7,8)(H,9,10);2*3H,1-2H3. The van der Waals surface area contributed by atoms with Crippen LogP contribution in [0.2, 0.25) is 0 Å². The second-order valence-corrected chi connectivity index (χ2v) is 2.99. The van der Waals surface area contributed by atoms with Crippen LogP contribution in [-0.4, -0.2) is 50.3 Å². The zero-order valence-corrected chi connectivity index (χ0v) is 10.5. The van der Waals surface area contributed by atoms with E-state index in [1.807, 2.05) is 28.2 Å². The summed E-state index contributed by atoms with van der Waals surface area (Å²) >= 11 is 0. The molecule has 0 atom stereocenters. The predicted octanol–water partition coefficient (Wildman–Crippen LogP) is 0.387. The van der Waals surface area contributed by atoms with E-state index in [9.17, 15) is 9.59 Å². The van der Waals surface area contributed by atoms with Gasteiger partial charge >= 0.3 is 11.9 Å². The number of hydrogen-bond acceptors (Lipinski definition) is 4. The van der Waals surface area contributed by atoms with Crippen LogP contribution in [0.15, 0.2) is 0 Å². The minimum absolute atomic E-state index is 0.0628. The molecule has 0 unspecified atom stereocenters. The van der Waals surface area contributed by atoms with E-state index in [1.165, 1.54) is 0 Å². The summed E-state index contributed by atoms with van der Waals surface area (Å²) < 4.78 is 0. The van der Waals surface area contributed by atoms with E-state index in [2.05, 4.69) is 10.6 Å². The van der Waals surface area contributed by atoms with Gasteiger partial charge in [0.25, 0.3) is 0 Å². The molecule has 0 radical (unpaired) electrons. The molecule has 0 aliphatic rings. The lowest BCUT2D eigenvalue weighted by molar-refractivity contribution is -0.139. The first-order valence-electron chi connectivity index (χ1n) is 5.06. The molecule has 0 aromatic carbocycles. The molecule has 0 saturated carbocycles. The number of hydrogen-bond donors (Lipinski definition) is 4. The van der Waals surface area contributed by atoms with E-state index in [1.54, 1.807) is 0 Å². The lowest BCUT2D eigenvalue weighted by Crippen LogP contribution is -1.97. The lowest BCUT2D eigenvalue weighted by atomic mass is 10.2. The molecule has 0 aliphatic heterocycles. The Morgan fingerprint density at radius 1 is 0.812 bits per heavy atom. The smallest absolute Gasteiger partial charge is 0.303 e. The molecule has 0 fully saturated rings. The number of aliphatic carboxylic acids is 2. The van der Waals surface area contributed by atoms with E-state index in [0.29, 0.717) is 12.8 Å². The lowest BCUT2D eigenvalue weighted by Gasteiger charge is -1.92. The maximum absolute atomic E-state index is 9.90. The molecule has 0 heterocycles. The van der Waals surface area contributed by atoms with E-state index >= 15 is 0 Å². The van der Waals surface area contributed by atoms with Gasteiger partial charge in [-0.15, -0.1) is 0 Å². The molecule has 0 bridgehead atoms. The van der Waals surface area contributed by atoms with Gasteiger partial charge in [0, 0.05) is 12.8 Å². The summed E-state index contributed by atoms with van der Waals surface area (Å²) in [7, 11) is 7.50. The van der Waals surface area contributed by atoms with Crippen molar-refractivity contribution < 1.29 is 19.8 Å². The van der Waals surface area contributed by atoms with Crippen molar-refractivity contribution in [2.24, 2.45) is 0 Å². The van der Waals surface area contributed by atoms with Gasteiger partial charge in [-0.1, -0.05) is 0 Å². The summed E-state index contributed by atoms with van der Waals surface area (Å²) in [5.41, 5.74) is 0. The molecule has 0 aliphatic carbocycles. The third-order valence-corrected chi connectivity index (χ3v) is 1.03. The van der Waals surface area contributed by atoms with Gasteiger partial charge in [-0.25, -0.2) is 0 Å². The second kappa shape index (κ2) is 19.4. The Labute approximate surface area is 97.0 Å². The van der Waals surface area contributed by atoms with Gasteiger partial charge in [-0.3, -0.25) is 9.59 Å². The highest BCUT2D eigenvalue weighted by Gasteiger charge is 1.99. The molecule has 4 N–H and O–H groups in total. The first-order valence-corrected chi connectivity index (χ1v) is 5.06. The highest BCUT2D eigenvalue weighted by atomic mass is 16.4. The molecule has 0 spiro atoms. The summed E-state index contributed by atoms with van der Waals surface area (Å²) in [5.74, 6) is -1.74. The summed E-state index contributed by atoms with van der Waals surface area (Å²) in [6, 6.07) is 0. The predicted molar refractivity (Wildman–Crippen MR) is 63.7 cm³/mol. The molecule has 0 aromatic heterocycles. The van der Waals surface area contributed by atoms with Crippen molar-refractivity contribution in [1.82, 2.24) is 10.6 Å².